The van der Waals surface area contributed by atoms with Gasteiger partial charge in [-0.3, -0.25) is 9.00 Å². The van der Waals surface area contributed by atoms with Crippen LogP contribution in [0.3, 0.4) is 0 Å². The Morgan fingerprint density at radius 2 is 1.92 bits per heavy atom. The van der Waals surface area contributed by atoms with Crippen LogP contribution in [-0.4, -0.2) is 52.0 Å². The highest BCUT2D eigenvalue weighted by molar-refractivity contribution is 8.01. The van der Waals surface area contributed by atoms with Gasteiger partial charge in [0.05, 0.1) is 0 Å². The molecule has 6 heteroatoms. The molecular weight excluding hydrogens is 326 g/mol. The molecule has 0 aliphatic carbocycles. The van der Waals surface area contributed by atoms with Gasteiger partial charge in [-0.15, -0.1) is 0 Å². The fourth-order valence-corrected chi connectivity index (χ4v) is 3.67. The van der Waals surface area contributed by atoms with Gasteiger partial charge in [0.1, 0.15) is 6.61 Å². The maximum Gasteiger partial charge on any atom is 0.410 e. The minimum absolute atomic E-state index is 0.0831. The number of amides is 1. The monoisotopic (exact) mass is 351 g/mol. The molecule has 1 unspecified atom stereocenters. The second-order valence-electron chi connectivity index (χ2n) is 6.55. The summed E-state index contributed by atoms with van der Waals surface area (Å²) in [5.41, 5.74) is 0.926. The number of nitrogens with zero attached hydrogens (tertiary/aromatic N) is 1. The quantitative estimate of drug-likeness (QED) is 0.763. The molecule has 24 heavy (non-hydrogen) atoms. The van der Waals surface area contributed by atoms with Crippen molar-refractivity contribution in [1.29, 1.82) is 0 Å². The summed E-state index contributed by atoms with van der Waals surface area (Å²) in [6, 6.07) is 9.48. The molecule has 2 rings (SSSR count). The average molecular weight is 351 g/mol. The summed E-state index contributed by atoms with van der Waals surface area (Å²) in [5.74, 6) is -0.338. The molecule has 0 aromatic heterocycles. The fourth-order valence-electron chi connectivity index (χ4n) is 2.93. The van der Waals surface area contributed by atoms with Gasteiger partial charge in [-0.1, -0.05) is 43.7 Å². The van der Waals surface area contributed by atoms with Gasteiger partial charge in [0.15, 0.2) is 5.78 Å². The lowest BCUT2D eigenvalue weighted by atomic mass is 9.91. The Hall–Kier alpha value is -1.82. The molecule has 0 saturated carbocycles. The predicted octanol–water partition coefficient (Wildman–Crippen LogP) is 2.20. The molecule has 1 fully saturated rings. The second-order valence-corrected chi connectivity index (χ2v) is 9.40. The van der Waals surface area contributed by atoms with Gasteiger partial charge >= 0.3 is 6.09 Å². The second kappa shape index (κ2) is 7.83. The maximum absolute atomic E-state index is 12.4. The minimum Gasteiger partial charge on any atom is -0.445 e. The zero-order valence-electron chi connectivity index (χ0n) is 14.4. The van der Waals surface area contributed by atoms with Gasteiger partial charge in [0.2, 0.25) is 0 Å². The van der Waals surface area contributed by atoms with Crippen molar-refractivity contribution in [3.63, 3.8) is 0 Å². The molecule has 1 aromatic rings. The number of rotatable bonds is 5. The molecule has 1 heterocycles. The molecule has 1 aliphatic rings. The van der Waals surface area contributed by atoms with E-state index in [9.17, 15) is 13.8 Å². The van der Waals surface area contributed by atoms with E-state index in [1.807, 2.05) is 37.3 Å². The molecule has 0 N–H and O–H groups in total. The Labute approximate surface area is 144 Å². The van der Waals surface area contributed by atoms with Crippen LogP contribution in [0.25, 0.3) is 0 Å². The molecule has 1 saturated heterocycles. The van der Waals surface area contributed by atoms with E-state index in [1.54, 1.807) is 17.4 Å². The number of ether oxygens (including phenoxy) is 1. The highest BCUT2D eigenvalue weighted by Gasteiger charge is 2.38. The van der Waals surface area contributed by atoms with Crippen molar-refractivity contribution in [2.45, 2.75) is 20.0 Å². The van der Waals surface area contributed by atoms with Crippen LogP contribution in [0.5, 0.6) is 0 Å². The maximum atomic E-state index is 12.4. The van der Waals surface area contributed by atoms with Crippen LogP contribution in [0.2, 0.25) is 0 Å². The lowest BCUT2D eigenvalue weighted by Gasteiger charge is -2.16. The molecular formula is C18H25NO4S. The van der Waals surface area contributed by atoms with Crippen LogP contribution in [-0.2, 0) is 25.7 Å². The van der Waals surface area contributed by atoms with Gasteiger partial charge in [-0.25, -0.2) is 4.79 Å². The summed E-state index contributed by atoms with van der Waals surface area (Å²) < 4.78 is 17.2. The molecule has 0 spiro atoms. The summed E-state index contributed by atoms with van der Waals surface area (Å²) in [7, 11) is -2.24. The molecule has 1 aromatic carbocycles. The Bertz CT molecular complexity index is 699. The third kappa shape index (κ3) is 5.09. The van der Waals surface area contributed by atoms with E-state index in [4.69, 9.17) is 4.74 Å². The van der Waals surface area contributed by atoms with Crippen molar-refractivity contribution in [2.24, 2.45) is 11.8 Å². The Kier molecular flexibility index (Phi) is 6.04. The highest BCUT2D eigenvalue weighted by atomic mass is 32.2. The predicted molar refractivity (Wildman–Crippen MR) is 96.5 cm³/mol. The SMILES string of the molecule is CC[C@@H]1CN(C(=O)OCc2ccccc2)CC1C(=O)C=S(C)(C)=O. The number of benzene rings is 1. The van der Waals surface area contributed by atoms with Gasteiger partial charge in [0.25, 0.3) is 0 Å². The van der Waals surface area contributed by atoms with E-state index in [0.29, 0.717) is 13.1 Å². The van der Waals surface area contributed by atoms with Crippen molar-refractivity contribution >= 4 is 26.8 Å². The molecule has 132 valence electrons. The lowest BCUT2D eigenvalue weighted by molar-refractivity contribution is -0.116. The lowest BCUT2D eigenvalue weighted by Crippen LogP contribution is -2.31. The normalized spacial score (nSPS) is 20.7. The molecule has 0 radical (unpaired) electrons. The van der Waals surface area contributed by atoms with Crippen LogP contribution in [0.4, 0.5) is 4.79 Å². The Morgan fingerprint density at radius 3 is 2.50 bits per heavy atom. The van der Waals surface area contributed by atoms with Crippen LogP contribution in [0.1, 0.15) is 18.9 Å². The van der Waals surface area contributed by atoms with Crippen molar-refractivity contribution < 1.29 is 18.5 Å². The van der Waals surface area contributed by atoms with Crippen LogP contribution in [0.15, 0.2) is 30.3 Å². The summed E-state index contributed by atoms with van der Waals surface area (Å²) in [5, 5.41) is 1.32. The summed E-state index contributed by atoms with van der Waals surface area (Å²) in [6.45, 7) is 3.05. The zero-order chi connectivity index (χ0) is 17.7. The number of ketones is 1. The van der Waals surface area contributed by atoms with Crippen LogP contribution < -0.4 is 0 Å². The van der Waals surface area contributed by atoms with Crippen molar-refractivity contribution in [1.82, 2.24) is 4.90 Å². The first-order valence-corrected chi connectivity index (χ1v) is 10.5. The van der Waals surface area contributed by atoms with Crippen LogP contribution in [0, 0.1) is 11.8 Å². The molecule has 2 atom stereocenters. The number of carbonyl (C=O) groups is 2. The number of hydrogen-bond acceptors (Lipinski definition) is 4. The number of Topliss-reactive ketones (excluding diaryl/α,β-unsaturated/α-hetero) is 1. The topological polar surface area (TPSA) is 63.7 Å². The van der Waals surface area contributed by atoms with Crippen molar-refractivity contribution in [3.05, 3.63) is 35.9 Å². The summed E-state index contributed by atoms with van der Waals surface area (Å²) in [6.07, 6.45) is 3.49. The standard InChI is InChI=1S/C18H25NO4S/c1-4-15-10-19(11-16(15)17(20)13-24(2,3)22)18(21)23-12-14-8-6-5-7-9-14/h5-9,13,15-16H,4,10-12H2,1-3H3/t15-,16?/m1/s1. The minimum atomic E-state index is -2.24. The van der Waals surface area contributed by atoms with E-state index >= 15 is 0 Å². The fraction of sp³-hybridized carbons (Fsp3) is 0.500. The number of hydrogen-bond donors (Lipinski definition) is 0. The molecule has 0 bridgehead atoms. The first-order chi connectivity index (χ1) is 11.3. The smallest absolute Gasteiger partial charge is 0.410 e. The number of likely N-dealkylation sites (tertiary alicyclic amines) is 1. The van der Waals surface area contributed by atoms with Gasteiger partial charge in [-0.05, 0) is 21.0 Å². The van der Waals surface area contributed by atoms with Gasteiger partial charge in [0, 0.05) is 36.9 Å². The molecule has 1 amide bonds. The summed E-state index contributed by atoms with van der Waals surface area (Å²) >= 11 is 0. The van der Waals surface area contributed by atoms with E-state index in [0.717, 1.165) is 12.0 Å². The largest absolute Gasteiger partial charge is 0.445 e. The Balaban J connectivity index is 1.99. The zero-order valence-corrected chi connectivity index (χ0v) is 15.3. The Morgan fingerprint density at radius 1 is 1.25 bits per heavy atom. The van der Waals surface area contributed by atoms with E-state index in [-0.39, 0.29) is 24.2 Å². The van der Waals surface area contributed by atoms with Crippen molar-refractivity contribution in [2.75, 3.05) is 25.6 Å². The summed E-state index contributed by atoms with van der Waals surface area (Å²) in [4.78, 5) is 26.2. The highest BCUT2D eigenvalue weighted by Crippen LogP contribution is 2.27. The third-order valence-electron chi connectivity index (χ3n) is 4.19. The average Bonchev–Trinajstić information content (AvgIpc) is 2.96. The number of carbonyl (C=O) groups excluding carboxylic acids is 2. The van der Waals surface area contributed by atoms with Gasteiger partial charge < -0.3 is 9.64 Å². The van der Waals surface area contributed by atoms with E-state index in [1.165, 1.54) is 5.37 Å². The van der Waals surface area contributed by atoms with Gasteiger partial charge in [-0.2, -0.15) is 0 Å². The first-order valence-electron chi connectivity index (χ1n) is 8.08. The van der Waals surface area contributed by atoms with Crippen LogP contribution >= 0.6 is 0 Å². The first kappa shape index (κ1) is 18.5. The molecule has 5 nitrogen and oxygen atoms in total. The third-order valence-corrected chi connectivity index (χ3v) is 4.99. The van der Waals surface area contributed by atoms with Crippen molar-refractivity contribution in [3.8, 4) is 0 Å². The van der Waals surface area contributed by atoms with E-state index < -0.39 is 15.6 Å². The van der Waals surface area contributed by atoms with E-state index in [2.05, 4.69) is 0 Å². The molecule has 1 aliphatic heterocycles.